The van der Waals surface area contributed by atoms with Crippen LogP contribution in [0.25, 0.3) is 0 Å². The van der Waals surface area contributed by atoms with E-state index in [9.17, 15) is 4.79 Å². The number of aryl methyl sites for hydroxylation is 1. The number of nitrogens with zero attached hydrogens (tertiary/aromatic N) is 3. The predicted molar refractivity (Wildman–Crippen MR) is 92.0 cm³/mol. The van der Waals surface area contributed by atoms with E-state index in [0.29, 0.717) is 18.1 Å². The number of anilines is 2. The standard InChI is InChI=1S/C17H23N5O/c1-13-5-7-15(8-6-13)21-17-19-11-14(12-20-17)16(23)18-9-4-10-22(2)3/h5-8,11-12H,4,9-10H2,1-3H3,(H,18,23)(H,19,20,21). The molecule has 1 amide bonds. The Morgan fingerprint density at radius 3 is 2.39 bits per heavy atom. The van der Waals surface area contributed by atoms with E-state index in [1.165, 1.54) is 18.0 Å². The number of carbonyl (C=O) groups is 1. The fraction of sp³-hybridized carbons (Fsp3) is 0.353. The molecule has 0 aliphatic carbocycles. The Kier molecular flexibility index (Phi) is 6.05. The number of aromatic nitrogens is 2. The molecular formula is C17H23N5O. The molecule has 122 valence electrons. The minimum absolute atomic E-state index is 0.148. The van der Waals surface area contributed by atoms with Gasteiger partial charge in [-0.05, 0) is 46.1 Å². The van der Waals surface area contributed by atoms with Crippen LogP contribution in [0.4, 0.5) is 11.6 Å². The van der Waals surface area contributed by atoms with Crippen LogP contribution in [-0.2, 0) is 0 Å². The monoisotopic (exact) mass is 313 g/mol. The molecule has 1 heterocycles. The van der Waals surface area contributed by atoms with Crippen molar-refractivity contribution in [3.8, 4) is 0 Å². The number of rotatable bonds is 7. The Morgan fingerprint density at radius 1 is 1.13 bits per heavy atom. The van der Waals surface area contributed by atoms with Crippen molar-refractivity contribution in [1.82, 2.24) is 20.2 Å². The molecular weight excluding hydrogens is 290 g/mol. The summed E-state index contributed by atoms with van der Waals surface area (Å²) in [4.78, 5) is 22.4. The Hall–Kier alpha value is -2.47. The van der Waals surface area contributed by atoms with Gasteiger partial charge < -0.3 is 15.5 Å². The highest BCUT2D eigenvalue weighted by Gasteiger charge is 2.06. The summed E-state index contributed by atoms with van der Waals surface area (Å²) >= 11 is 0. The fourth-order valence-corrected chi connectivity index (χ4v) is 1.98. The van der Waals surface area contributed by atoms with Crippen LogP contribution in [-0.4, -0.2) is 48.0 Å². The molecule has 2 rings (SSSR count). The number of amides is 1. The smallest absolute Gasteiger partial charge is 0.254 e. The van der Waals surface area contributed by atoms with E-state index in [4.69, 9.17) is 0 Å². The highest BCUT2D eigenvalue weighted by Crippen LogP contribution is 2.13. The van der Waals surface area contributed by atoms with Crippen LogP contribution >= 0.6 is 0 Å². The zero-order valence-corrected chi connectivity index (χ0v) is 13.8. The van der Waals surface area contributed by atoms with Crippen molar-refractivity contribution in [1.29, 1.82) is 0 Å². The molecule has 1 aromatic carbocycles. The van der Waals surface area contributed by atoms with Gasteiger partial charge in [0.15, 0.2) is 0 Å². The molecule has 23 heavy (non-hydrogen) atoms. The molecule has 0 unspecified atom stereocenters. The topological polar surface area (TPSA) is 70.2 Å². The lowest BCUT2D eigenvalue weighted by atomic mass is 10.2. The third-order valence-corrected chi connectivity index (χ3v) is 3.29. The number of carbonyl (C=O) groups excluding carboxylic acids is 1. The van der Waals surface area contributed by atoms with Crippen LogP contribution in [0.2, 0.25) is 0 Å². The molecule has 0 saturated carbocycles. The lowest BCUT2D eigenvalue weighted by Gasteiger charge is -2.10. The summed E-state index contributed by atoms with van der Waals surface area (Å²) in [6.07, 6.45) is 3.97. The van der Waals surface area contributed by atoms with E-state index in [2.05, 4.69) is 25.5 Å². The van der Waals surface area contributed by atoms with E-state index < -0.39 is 0 Å². The molecule has 0 aliphatic heterocycles. The molecule has 6 heteroatoms. The molecule has 0 saturated heterocycles. The lowest BCUT2D eigenvalue weighted by Crippen LogP contribution is -2.27. The van der Waals surface area contributed by atoms with Crippen molar-refractivity contribution in [2.24, 2.45) is 0 Å². The van der Waals surface area contributed by atoms with Crippen LogP contribution in [0.5, 0.6) is 0 Å². The second-order valence-corrected chi connectivity index (χ2v) is 5.70. The zero-order chi connectivity index (χ0) is 16.7. The first-order valence-electron chi connectivity index (χ1n) is 7.63. The number of hydrogen-bond donors (Lipinski definition) is 2. The number of benzene rings is 1. The number of nitrogens with one attached hydrogen (secondary N) is 2. The summed E-state index contributed by atoms with van der Waals surface area (Å²) in [6.45, 7) is 3.61. The quantitative estimate of drug-likeness (QED) is 0.767. The SMILES string of the molecule is Cc1ccc(Nc2ncc(C(=O)NCCCN(C)C)cn2)cc1. The average molecular weight is 313 g/mol. The van der Waals surface area contributed by atoms with Crippen LogP contribution < -0.4 is 10.6 Å². The van der Waals surface area contributed by atoms with Crippen LogP contribution in [0, 0.1) is 6.92 Å². The van der Waals surface area contributed by atoms with Gasteiger partial charge in [0.1, 0.15) is 0 Å². The Bertz CT molecular complexity index is 622. The van der Waals surface area contributed by atoms with Gasteiger partial charge in [0.2, 0.25) is 5.95 Å². The van der Waals surface area contributed by atoms with Crippen LogP contribution in [0.1, 0.15) is 22.3 Å². The van der Waals surface area contributed by atoms with Gasteiger partial charge in [-0.25, -0.2) is 9.97 Å². The van der Waals surface area contributed by atoms with Gasteiger partial charge >= 0.3 is 0 Å². The highest BCUT2D eigenvalue weighted by molar-refractivity contribution is 5.93. The van der Waals surface area contributed by atoms with E-state index in [0.717, 1.165) is 18.7 Å². The number of hydrogen-bond acceptors (Lipinski definition) is 5. The summed E-state index contributed by atoms with van der Waals surface area (Å²) in [5.74, 6) is 0.323. The minimum atomic E-state index is -0.148. The van der Waals surface area contributed by atoms with Gasteiger partial charge in [-0.3, -0.25) is 4.79 Å². The van der Waals surface area contributed by atoms with Gasteiger partial charge in [0.25, 0.3) is 5.91 Å². The van der Waals surface area contributed by atoms with E-state index >= 15 is 0 Å². The summed E-state index contributed by atoms with van der Waals surface area (Å²) in [5, 5.41) is 5.97. The van der Waals surface area contributed by atoms with Gasteiger partial charge in [-0.15, -0.1) is 0 Å². The minimum Gasteiger partial charge on any atom is -0.352 e. The van der Waals surface area contributed by atoms with Gasteiger partial charge in [-0.2, -0.15) is 0 Å². The van der Waals surface area contributed by atoms with Crippen molar-refractivity contribution in [2.75, 3.05) is 32.5 Å². The first-order valence-corrected chi connectivity index (χ1v) is 7.63. The van der Waals surface area contributed by atoms with Crippen molar-refractivity contribution in [2.45, 2.75) is 13.3 Å². The molecule has 0 atom stereocenters. The Morgan fingerprint density at radius 2 is 1.78 bits per heavy atom. The third kappa shape index (κ3) is 5.67. The molecule has 0 bridgehead atoms. The third-order valence-electron chi connectivity index (χ3n) is 3.29. The van der Waals surface area contributed by atoms with E-state index in [-0.39, 0.29) is 5.91 Å². The largest absolute Gasteiger partial charge is 0.352 e. The molecule has 0 spiro atoms. The Labute approximate surface area is 137 Å². The lowest BCUT2D eigenvalue weighted by molar-refractivity contribution is 0.0951. The Balaban J connectivity index is 1.86. The molecule has 0 radical (unpaired) electrons. The molecule has 2 N–H and O–H groups in total. The first-order chi connectivity index (χ1) is 11.0. The predicted octanol–water partition coefficient (Wildman–Crippen LogP) is 2.21. The molecule has 6 nitrogen and oxygen atoms in total. The zero-order valence-electron chi connectivity index (χ0n) is 13.8. The van der Waals surface area contributed by atoms with Crippen molar-refractivity contribution >= 4 is 17.5 Å². The van der Waals surface area contributed by atoms with Crippen molar-refractivity contribution in [3.63, 3.8) is 0 Å². The van der Waals surface area contributed by atoms with E-state index in [1.54, 1.807) is 0 Å². The summed E-state index contributed by atoms with van der Waals surface area (Å²) < 4.78 is 0. The molecule has 2 aromatic rings. The highest BCUT2D eigenvalue weighted by atomic mass is 16.1. The molecule has 0 aliphatic rings. The normalized spacial score (nSPS) is 10.6. The van der Waals surface area contributed by atoms with E-state index in [1.807, 2.05) is 45.3 Å². The van der Waals surface area contributed by atoms with Gasteiger partial charge in [0.05, 0.1) is 5.56 Å². The van der Waals surface area contributed by atoms with Gasteiger partial charge in [-0.1, -0.05) is 17.7 Å². The summed E-state index contributed by atoms with van der Waals surface area (Å²) in [7, 11) is 4.02. The molecule has 1 aromatic heterocycles. The first kappa shape index (κ1) is 16.9. The molecule has 0 fully saturated rings. The van der Waals surface area contributed by atoms with Crippen molar-refractivity contribution in [3.05, 3.63) is 47.8 Å². The second kappa shape index (κ2) is 8.24. The maximum absolute atomic E-state index is 12.0. The van der Waals surface area contributed by atoms with Gasteiger partial charge in [0, 0.05) is 24.6 Å². The fourth-order valence-electron chi connectivity index (χ4n) is 1.98. The van der Waals surface area contributed by atoms with Crippen LogP contribution in [0.3, 0.4) is 0 Å². The average Bonchev–Trinajstić information content (AvgIpc) is 2.54. The maximum Gasteiger partial charge on any atom is 0.254 e. The van der Waals surface area contributed by atoms with Crippen LogP contribution in [0.15, 0.2) is 36.7 Å². The summed E-state index contributed by atoms with van der Waals surface area (Å²) in [5.41, 5.74) is 2.57. The van der Waals surface area contributed by atoms with Crippen molar-refractivity contribution < 1.29 is 4.79 Å². The maximum atomic E-state index is 12.0. The summed E-state index contributed by atoms with van der Waals surface area (Å²) in [6, 6.07) is 7.95. The second-order valence-electron chi connectivity index (χ2n) is 5.70.